The first-order valence-electron chi connectivity index (χ1n) is 21.2. The van der Waals surface area contributed by atoms with Gasteiger partial charge < -0.3 is 0 Å². The van der Waals surface area contributed by atoms with Crippen molar-refractivity contribution in [3.63, 3.8) is 0 Å². The van der Waals surface area contributed by atoms with Gasteiger partial charge in [0.2, 0.25) is 0 Å². The molecule has 12 rings (SSSR count). The van der Waals surface area contributed by atoms with Crippen molar-refractivity contribution in [2.75, 3.05) is 0 Å². The van der Waals surface area contributed by atoms with Gasteiger partial charge in [-0.15, -0.1) is 11.3 Å². The van der Waals surface area contributed by atoms with Crippen LogP contribution in [0.1, 0.15) is 0 Å². The van der Waals surface area contributed by atoms with E-state index in [1.54, 1.807) is 0 Å². The molecule has 0 amide bonds. The van der Waals surface area contributed by atoms with Crippen LogP contribution in [-0.4, -0.2) is 15.0 Å². The van der Waals surface area contributed by atoms with E-state index in [1.807, 2.05) is 23.5 Å². The first kappa shape index (κ1) is 36.8. The average Bonchev–Trinajstić information content (AvgIpc) is 3.77. The van der Waals surface area contributed by atoms with E-state index >= 15 is 0 Å². The molecule has 0 bridgehead atoms. The summed E-state index contributed by atoms with van der Waals surface area (Å²) in [6.07, 6.45) is 0. The van der Waals surface area contributed by atoms with E-state index in [4.69, 9.17) is 15.0 Å². The quantitative estimate of drug-likeness (QED) is 0.161. The van der Waals surface area contributed by atoms with Crippen molar-refractivity contribution < 1.29 is 0 Å². The van der Waals surface area contributed by atoms with Gasteiger partial charge in [-0.2, -0.15) is 0 Å². The van der Waals surface area contributed by atoms with Crippen LogP contribution in [0, 0.1) is 0 Å². The summed E-state index contributed by atoms with van der Waals surface area (Å²) in [5.74, 6) is 0.678. The second-order valence-corrected chi connectivity index (χ2v) is 17.0. The standard InChI is InChI=1S/C59H37N3S/c1-3-13-38(14-4-1)40-25-29-43(30-26-40)53-37-54(44-31-27-41(28-32-44)39-15-5-2-6-16-39)62-59(61-53)47-20-11-19-45(35-47)46-33-34-52-51(36-46)56-50-22-9-10-24-55(50)63-58(56)57(60-52)49-23-12-18-42-17-7-8-21-48(42)49/h1-37H. The molecule has 0 fully saturated rings. The predicted octanol–water partition coefficient (Wildman–Crippen LogP) is 16.2. The summed E-state index contributed by atoms with van der Waals surface area (Å²) >= 11 is 1.83. The van der Waals surface area contributed by atoms with Crippen LogP contribution in [0.25, 0.3) is 120 Å². The lowest BCUT2D eigenvalue weighted by atomic mass is 9.96. The van der Waals surface area contributed by atoms with E-state index in [9.17, 15) is 0 Å². The van der Waals surface area contributed by atoms with Gasteiger partial charge in [0.15, 0.2) is 5.82 Å². The van der Waals surface area contributed by atoms with Crippen LogP contribution in [0.3, 0.4) is 0 Å². The van der Waals surface area contributed by atoms with Crippen LogP contribution < -0.4 is 0 Å². The molecule has 3 nitrogen and oxygen atoms in total. The maximum Gasteiger partial charge on any atom is 0.160 e. The van der Waals surface area contributed by atoms with Crippen molar-refractivity contribution >= 4 is 53.2 Å². The molecule has 0 aliphatic heterocycles. The van der Waals surface area contributed by atoms with Crippen molar-refractivity contribution in [2.24, 2.45) is 0 Å². The third-order valence-corrected chi connectivity index (χ3v) is 13.3. The Bertz CT molecular complexity index is 3540. The van der Waals surface area contributed by atoms with Gasteiger partial charge in [-0.25, -0.2) is 15.0 Å². The molecule has 3 heterocycles. The molecule has 0 N–H and O–H groups in total. The Balaban J connectivity index is 0.981. The highest BCUT2D eigenvalue weighted by molar-refractivity contribution is 7.26. The lowest BCUT2D eigenvalue weighted by Crippen LogP contribution is -1.96. The summed E-state index contributed by atoms with van der Waals surface area (Å²) in [5, 5.41) is 6.07. The number of hydrogen-bond donors (Lipinski definition) is 0. The summed E-state index contributed by atoms with van der Waals surface area (Å²) in [6, 6.07) is 79.7. The number of rotatable bonds is 7. The maximum absolute atomic E-state index is 5.43. The van der Waals surface area contributed by atoms with Gasteiger partial charge in [-0.1, -0.05) is 194 Å². The second-order valence-electron chi connectivity index (χ2n) is 16.0. The monoisotopic (exact) mass is 819 g/mol. The first-order valence-corrected chi connectivity index (χ1v) is 22.1. The summed E-state index contributed by atoms with van der Waals surface area (Å²) in [7, 11) is 0. The Morgan fingerprint density at radius 3 is 1.52 bits per heavy atom. The normalized spacial score (nSPS) is 11.5. The smallest absolute Gasteiger partial charge is 0.160 e. The Morgan fingerprint density at radius 2 is 0.825 bits per heavy atom. The summed E-state index contributed by atoms with van der Waals surface area (Å²) in [6.45, 7) is 0. The first-order chi connectivity index (χ1) is 31.2. The van der Waals surface area contributed by atoms with Crippen molar-refractivity contribution in [2.45, 2.75) is 0 Å². The molecule has 0 aliphatic rings. The van der Waals surface area contributed by atoms with Crippen molar-refractivity contribution in [1.29, 1.82) is 0 Å². The number of fused-ring (bicyclic) bond motifs is 6. The number of aromatic nitrogens is 3. The van der Waals surface area contributed by atoms with Crippen molar-refractivity contribution in [3.8, 4) is 78.5 Å². The van der Waals surface area contributed by atoms with Crippen molar-refractivity contribution in [3.05, 3.63) is 224 Å². The fourth-order valence-corrected chi connectivity index (χ4v) is 10.1. The molecule has 0 unspecified atom stereocenters. The lowest BCUT2D eigenvalue weighted by Gasteiger charge is -2.13. The van der Waals surface area contributed by atoms with E-state index in [1.165, 1.54) is 53.2 Å². The molecular weight excluding hydrogens is 783 g/mol. The van der Waals surface area contributed by atoms with E-state index in [-0.39, 0.29) is 0 Å². The molecule has 63 heavy (non-hydrogen) atoms. The van der Waals surface area contributed by atoms with Crippen LogP contribution in [0.5, 0.6) is 0 Å². The highest BCUT2D eigenvalue weighted by Gasteiger charge is 2.19. The third-order valence-electron chi connectivity index (χ3n) is 12.1. The van der Waals surface area contributed by atoms with Crippen LogP contribution in [0.2, 0.25) is 0 Å². The van der Waals surface area contributed by atoms with Gasteiger partial charge in [0.1, 0.15) is 0 Å². The molecule has 0 saturated carbocycles. The van der Waals surface area contributed by atoms with Gasteiger partial charge in [-0.3, -0.25) is 0 Å². The highest BCUT2D eigenvalue weighted by atomic mass is 32.1. The molecule has 0 spiro atoms. The Morgan fingerprint density at radius 1 is 0.317 bits per heavy atom. The predicted molar refractivity (Wildman–Crippen MR) is 266 cm³/mol. The number of hydrogen-bond acceptors (Lipinski definition) is 4. The minimum Gasteiger partial charge on any atom is -0.246 e. The molecule has 9 aromatic carbocycles. The minimum absolute atomic E-state index is 0.678. The molecular formula is C59H37N3S. The number of thiophene rings is 1. The summed E-state index contributed by atoms with van der Waals surface area (Å²) < 4.78 is 2.46. The van der Waals surface area contributed by atoms with Gasteiger partial charge in [0, 0.05) is 43.1 Å². The topological polar surface area (TPSA) is 38.7 Å². The number of benzene rings is 9. The van der Waals surface area contributed by atoms with E-state index < -0.39 is 0 Å². The SMILES string of the molecule is c1ccc(-c2ccc(-c3cc(-c4ccc(-c5ccccc5)cc4)nc(-c4cccc(-c5ccc6nc(-c7cccc8ccccc78)c7sc8ccccc8c7c6c5)c4)n3)cc2)cc1. The fourth-order valence-electron chi connectivity index (χ4n) is 8.92. The zero-order chi connectivity index (χ0) is 41.7. The van der Waals surface area contributed by atoms with E-state index in [0.717, 1.165) is 61.4 Å². The van der Waals surface area contributed by atoms with Gasteiger partial charge in [0.25, 0.3) is 0 Å². The van der Waals surface area contributed by atoms with Crippen LogP contribution in [-0.2, 0) is 0 Å². The Hall–Kier alpha value is -8.05. The van der Waals surface area contributed by atoms with Crippen molar-refractivity contribution in [1.82, 2.24) is 15.0 Å². The summed E-state index contributed by atoms with van der Waals surface area (Å²) in [5.41, 5.74) is 14.8. The van der Waals surface area contributed by atoms with E-state index in [2.05, 4.69) is 212 Å². The maximum atomic E-state index is 5.43. The highest BCUT2D eigenvalue weighted by Crippen LogP contribution is 2.45. The van der Waals surface area contributed by atoms with Gasteiger partial charge in [-0.05, 0) is 74.5 Å². The molecule has 0 saturated heterocycles. The molecule has 3 aromatic heterocycles. The Kier molecular flexibility index (Phi) is 9.02. The molecule has 0 radical (unpaired) electrons. The fraction of sp³-hybridized carbons (Fsp3) is 0. The average molecular weight is 820 g/mol. The van der Waals surface area contributed by atoms with Crippen LogP contribution in [0.4, 0.5) is 0 Å². The molecule has 0 aliphatic carbocycles. The molecule has 0 atom stereocenters. The zero-order valence-electron chi connectivity index (χ0n) is 34.1. The van der Waals surface area contributed by atoms with Gasteiger partial charge in [0.05, 0.1) is 27.3 Å². The number of pyridine rings is 1. The molecule has 294 valence electrons. The van der Waals surface area contributed by atoms with E-state index in [0.29, 0.717) is 5.82 Å². The largest absolute Gasteiger partial charge is 0.246 e. The minimum atomic E-state index is 0.678. The van der Waals surface area contributed by atoms with Gasteiger partial charge >= 0.3 is 0 Å². The lowest BCUT2D eigenvalue weighted by molar-refractivity contribution is 1.18. The third kappa shape index (κ3) is 6.74. The molecule has 4 heteroatoms. The zero-order valence-corrected chi connectivity index (χ0v) is 34.9. The van der Waals surface area contributed by atoms with Crippen LogP contribution in [0.15, 0.2) is 224 Å². The molecule has 12 aromatic rings. The number of nitrogens with zero attached hydrogens (tertiary/aromatic N) is 3. The Labute approximate surface area is 369 Å². The second kappa shape index (κ2) is 15.4. The van der Waals surface area contributed by atoms with Crippen LogP contribution >= 0.6 is 11.3 Å². The summed E-state index contributed by atoms with van der Waals surface area (Å²) in [4.78, 5) is 16.0.